The van der Waals surface area contributed by atoms with Crippen molar-refractivity contribution in [2.24, 2.45) is 5.92 Å². The van der Waals surface area contributed by atoms with Crippen LogP contribution in [0.4, 0.5) is 0 Å². The average molecular weight is 292 g/mol. The van der Waals surface area contributed by atoms with Gasteiger partial charge in [0, 0.05) is 9.50 Å². The summed E-state index contributed by atoms with van der Waals surface area (Å²) in [6.07, 6.45) is 0.643. The van der Waals surface area contributed by atoms with Crippen molar-refractivity contribution in [3.05, 3.63) is 33.3 Å². The minimum Gasteiger partial charge on any atom is -0.469 e. The number of benzene rings is 1. The molecule has 0 heterocycles. The second-order valence-electron chi connectivity index (χ2n) is 3.36. The van der Waals surface area contributed by atoms with Crippen LogP contribution in [0.2, 0.25) is 5.02 Å². The molecule has 0 N–H and O–H groups in total. The lowest BCUT2D eigenvalue weighted by Crippen LogP contribution is -2.15. The molecule has 0 saturated carbocycles. The van der Waals surface area contributed by atoms with Crippen LogP contribution in [-0.2, 0) is 16.0 Å². The van der Waals surface area contributed by atoms with E-state index in [1.807, 2.05) is 25.1 Å². The third kappa shape index (κ3) is 3.50. The Balaban J connectivity index is 2.76. The molecule has 0 fully saturated rings. The highest BCUT2D eigenvalue weighted by Gasteiger charge is 2.15. The maximum absolute atomic E-state index is 11.2. The van der Waals surface area contributed by atoms with Gasteiger partial charge in [-0.15, -0.1) is 0 Å². The maximum atomic E-state index is 11.2. The van der Waals surface area contributed by atoms with E-state index in [2.05, 4.69) is 20.7 Å². The van der Waals surface area contributed by atoms with Crippen molar-refractivity contribution in [2.45, 2.75) is 13.3 Å². The molecule has 2 nitrogen and oxygen atoms in total. The van der Waals surface area contributed by atoms with E-state index in [4.69, 9.17) is 11.6 Å². The summed E-state index contributed by atoms with van der Waals surface area (Å²) in [6, 6.07) is 5.54. The fourth-order valence-corrected chi connectivity index (χ4v) is 2.15. The zero-order valence-corrected chi connectivity index (χ0v) is 10.9. The molecule has 0 aliphatic rings. The minimum absolute atomic E-state index is 0.146. The normalized spacial score (nSPS) is 12.3. The topological polar surface area (TPSA) is 26.3 Å². The van der Waals surface area contributed by atoms with E-state index in [1.165, 1.54) is 7.11 Å². The molecule has 1 aromatic rings. The standard InChI is InChI=1S/C11H12BrClO2/c1-7(11(14)15-2)5-8-3-4-9(13)6-10(8)12/h3-4,6-7H,5H2,1-2H3. The molecule has 1 aromatic carbocycles. The molecule has 0 aliphatic carbocycles. The number of halogens is 2. The monoisotopic (exact) mass is 290 g/mol. The van der Waals surface area contributed by atoms with Crippen molar-refractivity contribution in [1.82, 2.24) is 0 Å². The molecule has 0 aromatic heterocycles. The Kier molecular flexibility index (Phi) is 4.61. The van der Waals surface area contributed by atoms with Crippen LogP contribution < -0.4 is 0 Å². The van der Waals surface area contributed by atoms with E-state index < -0.39 is 0 Å². The fourth-order valence-electron chi connectivity index (χ4n) is 1.30. The summed E-state index contributed by atoms with van der Waals surface area (Å²) in [5.74, 6) is -0.343. The number of carbonyl (C=O) groups is 1. The molecule has 1 unspecified atom stereocenters. The maximum Gasteiger partial charge on any atom is 0.308 e. The number of esters is 1. The molecule has 0 spiro atoms. The van der Waals surface area contributed by atoms with Crippen molar-refractivity contribution < 1.29 is 9.53 Å². The van der Waals surface area contributed by atoms with Crippen LogP contribution in [0.3, 0.4) is 0 Å². The quantitative estimate of drug-likeness (QED) is 0.797. The first kappa shape index (κ1) is 12.5. The van der Waals surface area contributed by atoms with E-state index in [9.17, 15) is 4.79 Å². The van der Waals surface area contributed by atoms with Gasteiger partial charge in [-0.2, -0.15) is 0 Å². The van der Waals surface area contributed by atoms with Gasteiger partial charge in [0.25, 0.3) is 0 Å². The predicted molar refractivity (Wildman–Crippen MR) is 64.0 cm³/mol. The van der Waals surface area contributed by atoms with Gasteiger partial charge in [0.05, 0.1) is 13.0 Å². The molecule has 0 radical (unpaired) electrons. The van der Waals surface area contributed by atoms with Crippen LogP contribution in [0.5, 0.6) is 0 Å². The first-order valence-corrected chi connectivity index (χ1v) is 5.73. The fraction of sp³-hybridized carbons (Fsp3) is 0.364. The van der Waals surface area contributed by atoms with Crippen LogP contribution >= 0.6 is 27.5 Å². The third-order valence-corrected chi connectivity index (χ3v) is 3.12. The van der Waals surface area contributed by atoms with Gasteiger partial charge in [0.15, 0.2) is 0 Å². The first-order valence-electron chi connectivity index (χ1n) is 4.56. The molecular weight excluding hydrogens is 279 g/mol. The Hall–Kier alpha value is -0.540. The predicted octanol–water partition coefficient (Wildman–Crippen LogP) is 3.45. The molecule has 0 saturated heterocycles. The van der Waals surface area contributed by atoms with Crippen molar-refractivity contribution in [3.63, 3.8) is 0 Å². The van der Waals surface area contributed by atoms with Gasteiger partial charge in [0.2, 0.25) is 0 Å². The number of carbonyl (C=O) groups excluding carboxylic acids is 1. The highest BCUT2D eigenvalue weighted by Crippen LogP contribution is 2.24. The SMILES string of the molecule is COC(=O)C(C)Cc1ccc(Cl)cc1Br. The summed E-state index contributed by atoms with van der Waals surface area (Å²) in [6.45, 7) is 1.84. The minimum atomic E-state index is -0.197. The number of hydrogen-bond donors (Lipinski definition) is 0. The van der Waals surface area contributed by atoms with Crippen LogP contribution in [0, 0.1) is 5.92 Å². The highest BCUT2D eigenvalue weighted by atomic mass is 79.9. The van der Waals surface area contributed by atoms with Gasteiger partial charge in [0.1, 0.15) is 0 Å². The molecule has 4 heteroatoms. The van der Waals surface area contributed by atoms with E-state index >= 15 is 0 Å². The van der Waals surface area contributed by atoms with Gasteiger partial charge in [-0.25, -0.2) is 0 Å². The molecular formula is C11H12BrClO2. The summed E-state index contributed by atoms with van der Waals surface area (Å²) in [4.78, 5) is 11.2. The van der Waals surface area contributed by atoms with Gasteiger partial charge in [-0.3, -0.25) is 4.79 Å². The molecule has 15 heavy (non-hydrogen) atoms. The van der Waals surface area contributed by atoms with Crippen LogP contribution in [0.25, 0.3) is 0 Å². The molecule has 0 aliphatic heterocycles. The summed E-state index contributed by atoms with van der Waals surface area (Å²) in [5.41, 5.74) is 1.05. The Morgan fingerprint density at radius 2 is 2.27 bits per heavy atom. The van der Waals surface area contributed by atoms with Crippen molar-refractivity contribution in [3.8, 4) is 0 Å². The lowest BCUT2D eigenvalue weighted by molar-refractivity contribution is -0.144. The molecule has 1 atom stereocenters. The zero-order chi connectivity index (χ0) is 11.4. The molecule has 0 amide bonds. The van der Waals surface area contributed by atoms with E-state index in [0.29, 0.717) is 11.4 Å². The van der Waals surface area contributed by atoms with Gasteiger partial charge >= 0.3 is 5.97 Å². The average Bonchev–Trinajstić information content (AvgIpc) is 2.20. The van der Waals surface area contributed by atoms with Gasteiger partial charge < -0.3 is 4.74 Å². The number of hydrogen-bond acceptors (Lipinski definition) is 2. The van der Waals surface area contributed by atoms with Crippen LogP contribution in [0.1, 0.15) is 12.5 Å². The Morgan fingerprint density at radius 1 is 1.60 bits per heavy atom. The largest absolute Gasteiger partial charge is 0.469 e. The number of rotatable bonds is 3. The second-order valence-corrected chi connectivity index (χ2v) is 4.65. The molecule has 1 rings (SSSR count). The summed E-state index contributed by atoms with van der Waals surface area (Å²) >= 11 is 9.23. The smallest absolute Gasteiger partial charge is 0.308 e. The van der Waals surface area contributed by atoms with Crippen LogP contribution in [-0.4, -0.2) is 13.1 Å². The summed E-state index contributed by atoms with van der Waals surface area (Å²) in [5, 5.41) is 0.677. The third-order valence-electron chi connectivity index (χ3n) is 2.14. The summed E-state index contributed by atoms with van der Waals surface area (Å²) < 4.78 is 5.59. The molecule has 0 bridgehead atoms. The lowest BCUT2D eigenvalue weighted by atomic mass is 10.0. The second kappa shape index (κ2) is 5.52. The number of methoxy groups -OCH3 is 1. The van der Waals surface area contributed by atoms with Crippen molar-refractivity contribution in [2.75, 3.05) is 7.11 Å². The Labute approximate surface area is 103 Å². The van der Waals surface area contributed by atoms with Crippen LogP contribution in [0.15, 0.2) is 22.7 Å². The van der Waals surface area contributed by atoms with E-state index in [0.717, 1.165) is 10.0 Å². The van der Waals surface area contributed by atoms with Crippen molar-refractivity contribution >= 4 is 33.5 Å². The number of ether oxygens (including phenoxy) is 1. The zero-order valence-electron chi connectivity index (χ0n) is 8.59. The van der Waals surface area contributed by atoms with Gasteiger partial charge in [-0.1, -0.05) is 40.5 Å². The van der Waals surface area contributed by atoms with E-state index in [1.54, 1.807) is 0 Å². The first-order chi connectivity index (χ1) is 7.04. The van der Waals surface area contributed by atoms with Crippen molar-refractivity contribution in [1.29, 1.82) is 0 Å². The summed E-state index contributed by atoms with van der Waals surface area (Å²) in [7, 11) is 1.40. The van der Waals surface area contributed by atoms with E-state index in [-0.39, 0.29) is 11.9 Å². The Morgan fingerprint density at radius 3 is 2.80 bits per heavy atom. The Bertz CT molecular complexity index is 366. The highest BCUT2D eigenvalue weighted by molar-refractivity contribution is 9.10. The van der Waals surface area contributed by atoms with Gasteiger partial charge in [-0.05, 0) is 24.1 Å². The lowest BCUT2D eigenvalue weighted by Gasteiger charge is -2.10. The molecule has 82 valence electrons.